The van der Waals surface area contributed by atoms with Crippen molar-refractivity contribution in [1.29, 1.82) is 0 Å². The molecule has 0 bridgehead atoms. The fourth-order valence-electron chi connectivity index (χ4n) is 1.11. The maximum Gasteiger partial charge on any atom is 0.187 e. The SMILES string of the molecule is Cc1cnc(SC(C)CNC(C)(C)C)nc1. The van der Waals surface area contributed by atoms with Gasteiger partial charge in [-0.1, -0.05) is 18.7 Å². The third-order valence-corrected chi connectivity index (χ3v) is 2.97. The van der Waals surface area contributed by atoms with Crippen molar-refractivity contribution in [2.24, 2.45) is 0 Å². The second-order valence-electron chi connectivity index (χ2n) is 5.10. The third-order valence-electron chi connectivity index (χ3n) is 1.98. The van der Waals surface area contributed by atoms with E-state index in [9.17, 15) is 0 Å². The minimum atomic E-state index is 0.170. The summed E-state index contributed by atoms with van der Waals surface area (Å²) in [6.45, 7) is 11.7. The highest BCUT2D eigenvalue weighted by atomic mass is 32.2. The molecule has 0 aromatic carbocycles. The zero-order valence-corrected chi connectivity index (χ0v) is 11.6. The smallest absolute Gasteiger partial charge is 0.187 e. The predicted molar refractivity (Wildman–Crippen MR) is 69.8 cm³/mol. The first-order valence-electron chi connectivity index (χ1n) is 5.57. The van der Waals surface area contributed by atoms with Gasteiger partial charge in [0.2, 0.25) is 0 Å². The molecule has 0 saturated carbocycles. The van der Waals surface area contributed by atoms with E-state index >= 15 is 0 Å². The second kappa shape index (κ2) is 5.64. The lowest BCUT2D eigenvalue weighted by Crippen LogP contribution is -2.39. The number of hydrogen-bond donors (Lipinski definition) is 1. The molecule has 0 saturated heterocycles. The van der Waals surface area contributed by atoms with E-state index in [1.807, 2.05) is 19.3 Å². The first kappa shape index (κ1) is 13.5. The van der Waals surface area contributed by atoms with Crippen LogP contribution in [0, 0.1) is 6.92 Å². The molecule has 0 fully saturated rings. The lowest BCUT2D eigenvalue weighted by atomic mass is 10.1. The molecule has 0 radical (unpaired) electrons. The van der Waals surface area contributed by atoms with Crippen molar-refractivity contribution in [3.8, 4) is 0 Å². The van der Waals surface area contributed by atoms with Gasteiger partial charge in [0.25, 0.3) is 0 Å². The second-order valence-corrected chi connectivity index (χ2v) is 6.51. The standard InChI is InChI=1S/C12H21N3S/c1-9-6-13-11(14-7-9)16-10(2)8-15-12(3,4)5/h6-7,10,15H,8H2,1-5H3. The molecule has 1 heterocycles. The quantitative estimate of drug-likeness (QED) is 0.647. The molecule has 1 rings (SSSR count). The van der Waals surface area contributed by atoms with Crippen LogP contribution in [-0.4, -0.2) is 27.3 Å². The van der Waals surface area contributed by atoms with E-state index in [1.54, 1.807) is 11.8 Å². The van der Waals surface area contributed by atoms with Gasteiger partial charge >= 0.3 is 0 Å². The normalized spacial score (nSPS) is 13.8. The van der Waals surface area contributed by atoms with Crippen molar-refractivity contribution < 1.29 is 0 Å². The molecular formula is C12H21N3S. The van der Waals surface area contributed by atoms with Gasteiger partial charge in [-0.15, -0.1) is 0 Å². The van der Waals surface area contributed by atoms with E-state index in [0.29, 0.717) is 5.25 Å². The van der Waals surface area contributed by atoms with Crippen molar-refractivity contribution in [1.82, 2.24) is 15.3 Å². The molecule has 16 heavy (non-hydrogen) atoms. The zero-order valence-electron chi connectivity index (χ0n) is 10.7. The number of aryl methyl sites for hydroxylation is 1. The zero-order chi connectivity index (χ0) is 12.2. The fraction of sp³-hybridized carbons (Fsp3) is 0.667. The topological polar surface area (TPSA) is 37.8 Å². The average Bonchev–Trinajstić information content (AvgIpc) is 2.18. The van der Waals surface area contributed by atoms with Crippen molar-refractivity contribution >= 4 is 11.8 Å². The summed E-state index contributed by atoms with van der Waals surface area (Å²) in [5.74, 6) is 0. The van der Waals surface area contributed by atoms with Gasteiger partial charge in [0, 0.05) is 29.7 Å². The van der Waals surface area contributed by atoms with Gasteiger partial charge in [-0.3, -0.25) is 0 Å². The van der Waals surface area contributed by atoms with Crippen molar-refractivity contribution in [3.63, 3.8) is 0 Å². The molecule has 0 amide bonds. The van der Waals surface area contributed by atoms with Crippen molar-refractivity contribution in [3.05, 3.63) is 18.0 Å². The van der Waals surface area contributed by atoms with Crippen LogP contribution >= 0.6 is 11.8 Å². The van der Waals surface area contributed by atoms with E-state index in [-0.39, 0.29) is 5.54 Å². The summed E-state index contributed by atoms with van der Waals surface area (Å²) in [5.41, 5.74) is 1.27. The predicted octanol–water partition coefficient (Wildman–Crippen LogP) is 2.65. The number of hydrogen-bond acceptors (Lipinski definition) is 4. The lowest BCUT2D eigenvalue weighted by Gasteiger charge is -2.22. The molecule has 1 aromatic heterocycles. The molecule has 1 atom stereocenters. The summed E-state index contributed by atoms with van der Waals surface area (Å²) in [6, 6.07) is 0. The highest BCUT2D eigenvalue weighted by Gasteiger charge is 2.12. The van der Waals surface area contributed by atoms with Crippen LogP contribution in [0.5, 0.6) is 0 Å². The highest BCUT2D eigenvalue weighted by Crippen LogP contribution is 2.18. The summed E-state index contributed by atoms with van der Waals surface area (Å²) in [6.07, 6.45) is 3.72. The first-order valence-corrected chi connectivity index (χ1v) is 6.45. The Labute approximate surface area is 102 Å². The summed E-state index contributed by atoms with van der Waals surface area (Å²) < 4.78 is 0. The highest BCUT2D eigenvalue weighted by molar-refractivity contribution is 7.99. The van der Waals surface area contributed by atoms with Crippen LogP contribution in [0.2, 0.25) is 0 Å². The van der Waals surface area contributed by atoms with Crippen LogP contribution < -0.4 is 5.32 Å². The minimum Gasteiger partial charge on any atom is -0.311 e. The largest absolute Gasteiger partial charge is 0.311 e. The molecule has 0 aliphatic rings. The molecule has 0 aliphatic carbocycles. The fourth-order valence-corrected chi connectivity index (χ4v) is 1.87. The molecule has 90 valence electrons. The Hall–Kier alpha value is -0.610. The van der Waals surface area contributed by atoms with Crippen LogP contribution in [0.1, 0.15) is 33.3 Å². The Morgan fingerprint density at radius 1 is 1.31 bits per heavy atom. The van der Waals surface area contributed by atoms with Gasteiger partial charge in [-0.05, 0) is 33.3 Å². The number of nitrogens with zero attached hydrogens (tertiary/aromatic N) is 2. The minimum absolute atomic E-state index is 0.170. The number of nitrogens with one attached hydrogen (secondary N) is 1. The van der Waals surface area contributed by atoms with E-state index in [2.05, 4.69) is 43.0 Å². The van der Waals surface area contributed by atoms with Gasteiger partial charge in [0.15, 0.2) is 5.16 Å². The molecule has 4 heteroatoms. The van der Waals surface area contributed by atoms with Gasteiger partial charge in [-0.2, -0.15) is 0 Å². The van der Waals surface area contributed by atoms with Gasteiger partial charge < -0.3 is 5.32 Å². The Kier molecular flexibility index (Phi) is 4.74. The number of rotatable bonds is 4. The Morgan fingerprint density at radius 3 is 2.38 bits per heavy atom. The Bertz CT molecular complexity index is 316. The summed E-state index contributed by atoms with van der Waals surface area (Å²) in [4.78, 5) is 8.57. The maximum atomic E-state index is 4.29. The number of aromatic nitrogens is 2. The number of thioether (sulfide) groups is 1. The van der Waals surface area contributed by atoms with E-state index in [4.69, 9.17) is 0 Å². The van der Waals surface area contributed by atoms with Gasteiger partial charge in [0.1, 0.15) is 0 Å². The molecule has 1 aromatic rings. The van der Waals surface area contributed by atoms with Crippen molar-refractivity contribution in [2.45, 2.75) is 50.6 Å². The maximum absolute atomic E-state index is 4.29. The summed E-state index contributed by atoms with van der Waals surface area (Å²) in [5, 5.41) is 4.81. The molecular weight excluding hydrogens is 218 g/mol. The first-order chi connectivity index (χ1) is 7.37. The summed E-state index contributed by atoms with van der Waals surface area (Å²) in [7, 11) is 0. The van der Waals surface area contributed by atoms with E-state index < -0.39 is 0 Å². The van der Waals surface area contributed by atoms with Crippen LogP contribution in [0.4, 0.5) is 0 Å². The molecule has 0 aliphatic heterocycles. The lowest BCUT2D eigenvalue weighted by molar-refractivity contribution is 0.429. The van der Waals surface area contributed by atoms with Gasteiger partial charge in [-0.25, -0.2) is 9.97 Å². The monoisotopic (exact) mass is 239 g/mol. The van der Waals surface area contributed by atoms with Crippen LogP contribution in [0.15, 0.2) is 17.6 Å². The third kappa shape index (κ3) is 5.47. The van der Waals surface area contributed by atoms with Crippen LogP contribution in [0.3, 0.4) is 0 Å². The molecule has 1 unspecified atom stereocenters. The summed E-state index contributed by atoms with van der Waals surface area (Å²) >= 11 is 1.71. The van der Waals surface area contributed by atoms with Crippen molar-refractivity contribution in [2.75, 3.05) is 6.54 Å². The average molecular weight is 239 g/mol. The molecule has 1 N–H and O–H groups in total. The van der Waals surface area contributed by atoms with Gasteiger partial charge in [0.05, 0.1) is 0 Å². The van der Waals surface area contributed by atoms with Crippen LogP contribution in [-0.2, 0) is 0 Å². The van der Waals surface area contributed by atoms with Crippen LogP contribution in [0.25, 0.3) is 0 Å². The van der Waals surface area contributed by atoms with E-state index in [0.717, 1.165) is 17.3 Å². The molecule has 3 nitrogen and oxygen atoms in total. The van der Waals surface area contributed by atoms with E-state index in [1.165, 1.54) is 0 Å². The Morgan fingerprint density at radius 2 is 1.88 bits per heavy atom. The Balaban J connectivity index is 2.39. The molecule has 0 spiro atoms.